The van der Waals surface area contributed by atoms with E-state index in [1.54, 1.807) is 19.0 Å². The third kappa shape index (κ3) is 3.87. The summed E-state index contributed by atoms with van der Waals surface area (Å²) >= 11 is 0. The van der Waals surface area contributed by atoms with E-state index in [9.17, 15) is 9.59 Å². The molecule has 1 aromatic carbocycles. The molecule has 2 aliphatic heterocycles. The monoisotopic (exact) mass is 343 g/mol. The standard InChI is InChI=1S/C20H29N3O2/c1-16-5-4-6-17(13-16)14-23-18(24)7-8-20(23)9-11-22(12-10-20)15-19(25)21(2)3/h4-6,13H,7-12,14-15H2,1-3H3. The van der Waals surface area contributed by atoms with Crippen LogP contribution >= 0.6 is 0 Å². The highest BCUT2D eigenvalue weighted by atomic mass is 16.2. The number of benzene rings is 1. The highest BCUT2D eigenvalue weighted by Crippen LogP contribution is 2.40. The van der Waals surface area contributed by atoms with E-state index >= 15 is 0 Å². The van der Waals surface area contributed by atoms with Gasteiger partial charge in [0, 0.05) is 45.7 Å². The lowest BCUT2D eigenvalue weighted by Crippen LogP contribution is -2.54. The lowest BCUT2D eigenvalue weighted by molar-refractivity contribution is -0.135. The molecule has 2 fully saturated rings. The van der Waals surface area contributed by atoms with Gasteiger partial charge in [-0.2, -0.15) is 0 Å². The van der Waals surface area contributed by atoms with Gasteiger partial charge in [0.2, 0.25) is 11.8 Å². The predicted molar refractivity (Wildman–Crippen MR) is 98.1 cm³/mol. The van der Waals surface area contributed by atoms with Crippen molar-refractivity contribution in [3.05, 3.63) is 35.4 Å². The van der Waals surface area contributed by atoms with Gasteiger partial charge in [0.15, 0.2) is 0 Å². The number of aryl methyl sites for hydroxylation is 1. The molecule has 5 nitrogen and oxygen atoms in total. The smallest absolute Gasteiger partial charge is 0.236 e. The van der Waals surface area contributed by atoms with E-state index in [0.29, 0.717) is 19.5 Å². The Balaban J connectivity index is 1.66. The van der Waals surface area contributed by atoms with Crippen LogP contribution in [0.25, 0.3) is 0 Å². The minimum absolute atomic E-state index is 0.0154. The van der Waals surface area contributed by atoms with Crippen molar-refractivity contribution in [3.8, 4) is 0 Å². The fourth-order valence-corrected chi connectivity index (χ4v) is 4.10. The number of likely N-dealkylation sites (N-methyl/N-ethyl adjacent to an activating group) is 1. The number of likely N-dealkylation sites (tertiary alicyclic amines) is 2. The van der Waals surface area contributed by atoms with Crippen molar-refractivity contribution in [1.29, 1.82) is 0 Å². The van der Waals surface area contributed by atoms with E-state index in [1.807, 2.05) is 0 Å². The Morgan fingerprint density at radius 1 is 1.20 bits per heavy atom. The molecule has 0 bridgehead atoms. The molecule has 0 aliphatic carbocycles. The van der Waals surface area contributed by atoms with Crippen molar-refractivity contribution in [1.82, 2.24) is 14.7 Å². The summed E-state index contributed by atoms with van der Waals surface area (Å²) in [7, 11) is 3.60. The topological polar surface area (TPSA) is 43.9 Å². The molecule has 25 heavy (non-hydrogen) atoms. The molecule has 5 heteroatoms. The first-order valence-electron chi connectivity index (χ1n) is 9.18. The Labute approximate surface area is 150 Å². The number of carbonyl (C=O) groups excluding carboxylic acids is 2. The van der Waals surface area contributed by atoms with Gasteiger partial charge in [-0.1, -0.05) is 29.8 Å². The van der Waals surface area contributed by atoms with E-state index in [2.05, 4.69) is 41.0 Å². The molecule has 1 aromatic rings. The van der Waals surface area contributed by atoms with E-state index in [-0.39, 0.29) is 17.4 Å². The summed E-state index contributed by atoms with van der Waals surface area (Å²) in [6.45, 7) is 5.05. The third-order valence-corrected chi connectivity index (χ3v) is 5.75. The minimum atomic E-state index is -0.0154. The number of amides is 2. The van der Waals surface area contributed by atoms with Crippen LogP contribution in [0, 0.1) is 6.92 Å². The first kappa shape index (κ1) is 17.9. The van der Waals surface area contributed by atoms with Gasteiger partial charge in [-0.25, -0.2) is 0 Å². The summed E-state index contributed by atoms with van der Waals surface area (Å²) in [6, 6.07) is 8.43. The number of hydrogen-bond donors (Lipinski definition) is 0. The molecule has 2 heterocycles. The van der Waals surface area contributed by atoms with Crippen LogP contribution in [0.1, 0.15) is 36.8 Å². The number of hydrogen-bond acceptors (Lipinski definition) is 3. The highest BCUT2D eigenvalue weighted by molar-refractivity contribution is 5.80. The van der Waals surface area contributed by atoms with Crippen LogP contribution < -0.4 is 0 Å². The average molecular weight is 343 g/mol. The summed E-state index contributed by atoms with van der Waals surface area (Å²) in [5.41, 5.74) is 2.42. The third-order valence-electron chi connectivity index (χ3n) is 5.75. The molecule has 136 valence electrons. The fourth-order valence-electron chi connectivity index (χ4n) is 4.10. The molecular weight excluding hydrogens is 314 g/mol. The van der Waals surface area contributed by atoms with Crippen molar-refractivity contribution >= 4 is 11.8 Å². The van der Waals surface area contributed by atoms with Crippen LogP contribution in [0.2, 0.25) is 0 Å². The predicted octanol–water partition coefficient (Wildman–Crippen LogP) is 2.04. The zero-order valence-corrected chi connectivity index (χ0v) is 15.6. The number of carbonyl (C=O) groups is 2. The molecule has 0 atom stereocenters. The highest BCUT2D eigenvalue weighted by Gasteiger charge is 2.46. The normalized spacial score (nSPS) is 20.3. The average Bonchev–Trinajstić information content (AvgIpc) is 2.87. The van der Waals surface area contributed by atoms with E-state index < -0.39 is 0 Å². The molecular formula is C20H29N3O2. The summed E-state index contributed by atoms with van der Waals surface area (Å²) in [5.74, 6) is 0.425. The Bertz CT molecular complexity index is 648. The first-order chi connectivity index (χ1) is 11.9. The molecule has 0 saturated carbocycles. The molecule has 0 aromatic heterocycles. The number of rotatable bonds is 4. The maximum absolute atomic E-state index is 12.5. The van der Waals surface area contributed by atoms with E-state index in [1.165, 1.54) is 11.1 Å². The van der Waals surface area contributed by atoms with Crippen LogP contribution in [0.5, 0.6) is 0 Å². The van der Waals surface area contributed by atoms with Crippen molar-refractivity contribution < 1.29 is 9.59 Å². The fraction of sp³-hybridized carbons (Fsp3) is 0.600. The quantitative estimate of drug-likeness (QED) is 0.840. The van der Waals surface area contributed by atoms with Gasteiger partial charge in [0.05, 0.1) is 6.54 Å². The van der Waals surface area contributed by atoms with E-state index in [0.717, 1.165) is 32.4 Å². The summed E-state index contributed by atoms with van der Waals surface area (Å²) in [5, 5.41) is 0. The molecule has 0 N–H and O–H groups in total. The van der Waals surface area contributed by atoms with Crippen LogP contribution in [-0.2, 0) is 16.1 Å². The second kappa shape index (κ2) is 7.16. The summed E-state index contributed by atoms with van der Waals surface area (Å²) in [6.07, 6.45) is 3.53. The maximum Gasteiger partial charge on any atom is 0.236 e. The first-order valence-corrected chi connectivity index (χ1v) is 9.18. The van der Waals surface area contributed by atoms with Crippen LogP contribution in [0.15, 0.2) is 24.3 Å². The zero-order chi connectivity index (χ0) is 18.0. The Morgan fingerprint density at radius 2 is 1.92 bits per heavy atom. The van der Waals surface area contributed by atoms with Gasteiger partial charge in [-0.05, 0) is 31.7 Å². The van der Waals surface area contributed by atoms with Crippen LogP contribution in [0.3, 0.4) is 0 Å². The zero-order valence-electron chi connectivity index (χ0n) is 15.6. The molecule has 3 rings (SSSR count). The van der Waals surface area contributed by atoms with Gasteiger partial charge in [0.1, 0.15) is 0 Å². The second-order valence-electron chi connectivity index (χ2n) is 7.76. The Kier molecular flexibility index (Phi) is 5.13. The second-order valence-corrected chi connectivity index (χ2v) is 7.76. The largest absolute Gasteiger partial charge is 0.348 e. The number of nitrogens with zero attached hydrogens (tertiary/aromatic N) is 3. The lowest BCUT2D eigenvalue weighted by atomic mass is 9.84. The van der Waals surface area contributed by atoms with E-state index in [4.69, 9.17) is 0 Å². The summed E-state index contributed by atoms with van der Waals surface area (Å²) < 4.78 is 0. The maximum atomic E-state index is 12.5. The van der Waals surface area contributed by atoms with Crippen molar-refractivity contribution in [3.63, 3.8) is 0 Å². The molecule has 1 spiro atoms. The van der Waals surface area contributed by atoms with Gasteiger partial charge in [0.25, 0.3) is 0 Å². The van der Waals surface area contributed by atoms with Gasteiger partial charge < -0.3 is 9.80 Å². The molecule has 0 unspecified atom stereocenters. The molecule has 2 saturated heterocycles. The Morgan fingerprint density at radius 3 is 2.56 bits per heavy atom. The van der Waals surface area contributed by atoms with Crippen molar-refractivity contribution in [2.75, 3.05) is 33.7 Å². The summed E-state index contributed by atoms with van der Waals surface area (Å²) in [4.78, 5) is 30.5. The van der Waals surface area contributed by atoms with Crippen LogP contribution in [0.4, 0.5) is 0 Å². The van der Waals surface area contributed by atoms with Gasteiger partial charge >= 0.3 is 0 Å². The van der Waals surface area contributed by atoms with Crippen molar-refractivity contribution in [2.45, 2.75) is 44.7 Å². The molecule has 2 aliphatic rings. The van der Waals surface area contributed by atoms with Gasteiger partial charge in [-0.3, -0.25) is 14.5 Å². The molecule has 2 amide bonds. The lowest BCUT2D eigenvalue weighted by Gasteiger charge is -2.45. The number of piperidine rings is 1. The van der Waals surface area contributed by atoms with Gasteiger partial charge in [-0.15, -0.1) is 0 Å². The minimum Gasteiger partial charge on any atom is -0.348 e. The molecule has 0 radical (unpaired) electrons. The Hall–Kier alpha value is -1.88. The van der Waals surface area contributed by atoms with Crippen molar-refractivity contribution in [2.24, 2.45) is 0 Å². The SMILES string of the molecule is Cc1cccc(CN2C(=O)CCC23CCN(CC(=O)N(C)C)CC3)c1. The van der Waals surface area contributed by atoms with Crippen LogP contribution in [-0.4, -0.2) is 65.8 Å².